The Bertz CT molecular complexity index is 919. The standard InChI is InChI=1S/C38H65NO8/c1-6-8-10-12-14-16-17-18-19-21-23-25-27-29-36(41)47-34(33-46-38(37(42)43)44-31-30-39(3,4)5)32-45-35(40)28-26-24-22-20-15-13-11-9-7-2/h8,10,14,16,18-19,23,25,34,38H,6-7,9,11-13,15,17,20-22,24,26-33H2,1-5H3/p+1/b10-8-,16-14-,19-18-,25-23-. The number of hydrogen-bond acceptors (Lipinski definition) is 7. The molecule has 1 N–H and O–H groups in total. The quantitative estimate of drug-likeness (QED) is 0.0260. The van der Waals surface area contributed by atoms with Crippen molar-refractivity contribution >= 4 is 17.9 Å². The maximum Gasteiger partial charge on any atom is 0.361 e. The monoisotopic (exact) mass is 664 g/mol. The molecule has 0 aromatic carbocycles. The molecule has 0 saturated heterocycles. The molecule has 2 atom stereocenters. The summed E-state index contributed by atoms with van der Waals surface area (Å²) in [6.45, 7) is 4.60. The Labute approximate surface area is 285 Å². The van der Waals surface area contributed by atoms with Crippen LogP contribution in [0, 0.1) is 0 Å². The van der Waals surface area contributed by atoms with E-state index in [2.05, 4.69) is 50.3 Å². The molecular formula is C38H66NO8+. The Balaban J connectivity index is 4.72. The van der Waals surface area contributed by atoms with Gasteiger partial charge >= 0.3 is 17.9 Å². The fourth-order valence-electron chi connectivity index (χ4n) is 4.32. The minimum absolute atomic E-state index is 0.138. The van der Waals surface area contributed by atoms with Crippen molar-refractivity contribution < 1.29 is 42.9 Å². The van der Waals surface area contributed by atoms with Crippen molar-refractivity contribution in [3.05, 3.63) is 48.6 Å². The summed E-state index contributed by atoms with van der Waals surface area (Å²) >= 11 is 0. The molecule has 0 spiro atoms. The molecule has 0 amide bonds. The lowest BCUT2D eigenvalue weighted by Gasteiger charge is -2.25. The Morgan fingerprint density at radius 1 is 0.660 bits per heavy atom. The van der Waals surface area contributed by atoms with E-state index in [1.165, 1.54) is 38.5 Å². The number of hydrogen-bond donors (Lipinski definition) is 1. The minimum atomic E-state index is -1.52. The van der Waals surface area contributed by atoms with Crippen LogP contribution in [0.5, 0.6) is 0 Å². The average molecular weight is 665 g/mol. The number of carboxylic acids is 1. The van der Waals surface area contributed by atoms with Crippen LogP contribution in [-0.2, 0) is 33.3 Å². The smallest absolute Gasteiger partial charge is 0.361 e. The van der Waals surface area contributed by atoms with E-state index in [9.17, 15) is 19.5 Å². The average Bonchev–Trinajstić information content (AvgIpc) is 3.02. The highest BCUT2D eigenvalue weighted by Crippen LogP contribution is 2.12. The van der Waals surface area contributed by atoms with E-state index in [0.717, 1.165) is 44.9 Å². The van der Waals surface area contributed by atoms with Gasteiger partial charge in [-0.05, 0) is 38.5 Å². The third kappa shape index (κ3) is 31.6. The highest BCUT2D eigenvalue weighted by atomic mass is 16.7. The second-order valence-electron chi connectivity index (χ2n) is 12.8. The number of carbonyl (C=O) groups is 3. The van der Waals surface area contributed by atoms with Gasteiger partial charge in [0.25, 0.3) is 6.29 Å². The molecule has 9 heteroatoms. The maximum atomic E-state index is 12.6. The molecule has 0 aromatic heterocycles. The number of aliphatic carboxylic acids is 1. The summed E-state index contributed by atoms with van der Waals surface area (Å²) in [5.74, 6) is -2.13. The molecule has 0 aliphatic heterocycles. The van der Waals surface area contributed by atoms with Gasteiger partial charge in [-0.1, -0.05) is 114 Å². The van der Waals surface area contributed by atoms with Crippen molar-refractivity contribution in [1.82, 2.24) is 0 Å². The lowest BCUT2D eigenvalue weighted by atomic mass is 10.1. The lowest BCUT2D eigenvalue weighted by Crippen LogP contribution is -2.40. The number of ether oxygens (including phenoxy) is 4. The van der Waals surface area contributed by atoms with E-state index in [1.54, 1.807) is 0 Å². The summed E-state index contributed by atoms with van der Waals surface area (Å²) < 4.78 is 22.4. The van der Waals surface area contributed by atoms with Crippen LogP contribution in [0.25, 0.3) is 0 Å². The van der Waals surface area contributed by atoms with E-state index in [4.69, 9.17) is 18.9 Å². The van der Waals surface area contributed by atoms with Gasteiger partial charge < -0.3 is 28.5 Å². The number of unbranched alkanes of at least 4 members (excludes halogenated alkanes) is 8. The van der Waals surface area contributed by atoms with Crippen molar-refractivity contribution in [3.63, 3.8) is 0 Å². The molecule has 0 fully saturated rings. The van der Waals surface area contributed by atoms with E-state index in [-0.39, 0.29) is 38.6 Å². The second kappa shape index (κ2) is 30.6. The predicted molar refractivity (Wildman–Crippen MR) is 189 cm³/mol. The van der Waals surface area contributed by atoms with Gasteiger partial charge in [-0.25, -0.2) is 4.79 Å². The van der Waals surface area contributed by atoms with Crippen molar-refractivity contribution in [2.24, 2.45) is 0 Å². The third-order valence-corrected chi connectivity index (χ3v) is 7.11. The van der Waals surface area contributed by atoms with Crippen LogP contribution in [0.3, 0.4) is 0 Å². The largest absolute Gasteiger partial charge is 0.477 e. The zero-order valence-electron chi connectivity index (χ0n) is 30.2. The number of nitrogens with zero attached hydrogens (tertiary/aromatic N) is 1. The first-order valence-corrected chi connectivity index (χ1v) is 17.8. The van der Waals surface area contributed by atoms with Crippen LogP contribution in [0.1, 0.15) is 117 Å². The molecule has 270 valence electrons. The van der Waals surface area contributed by atoms with Gasteiger partial charge in [-0.15, -0.1) is 0 Å². The maximum absolute atomic E-state index is 12.6. The van der Waals surface area contributed by atoms with E-state index < -0.39 is 24.3 Å². The Hall–Kier alpha value is -2.75. The van der Waals surface area contributed by atoms with E-state index in [0.29, 0.717) is 17.4 Å². The highest BCUT2D eigenvalue weighted by molar-refractivity contribution is 5.71. The summed E-state index contributed by atoms with van der Waals surface area (Å²) in [7, 11) is 5.91. The van der Waals surface area contributed by atoms with Crippen LogP contribution >= 0.6 is 0 Å². The molecule has 47 heavy (non-hydrogen) atoms. The Morgan fingerprint density at radius 2 is 1.21 bits per heavy atom. The topological polar surface area (TPSA) is 108 Å². The zero-order chi connectivity index (χ0) is 35.0. The van der Waals surface area contributed by atoms with E-state index >= 15 is 0 Å². The van der Waals surface area contributed by atoms with Crippen LogP contribution < -0.4 is 0 Å². The summed E-state index contributed by atoms with van der Waals surface area (Å²) in [6, 6.07) is 0. The fourth-order valence-corrected chi connectivity index (χ4v) is 4.32. The molecule has 0 aliphatic rings. The molecule has 9 nitrogen and oxygen atoms in total. The summed E-state index contributed by atoms with van der Waals surface area (Å²) in [5.41, 5.74) is 0. The summed E-state index contributed by atoms with van der Waals surface area (Å²) in [4.78, 5) is 36.7. The van der Waals surface area contributed by atoms with Gasteiger partial charge in [-0.2, -0.15) is 0 Å². The number of quaternary nitrogens is 1. The summed E-state index contributed by atoms with van der Waals surface area (Å²) in [6.07, 6.45) is 29.1. The van der Waals surface area contributed by atoms with Crippen LogP contribution in [0.15, 0.2) is 48.6 Å². The SMILES string of the molecule is CC/C=C\C/C=C\C/C=C\C/C=C\CCC(=O)OC(COC(=O)CCCCCCCCCCC)COC(OCC[N+](C)(C)C)C(=O)O. The molecule has 0 heterocycles. The first-order valence-electron chi connectivity index (χ1n) is 17.8. The second-order valence-corrected chi connectivity index (χ2v) is 12.8. The zero-order valence-corrected chi connectivity index (χ0v) is 30.2. The normalized spacial score (nSPS) is 13.6. The first-order chi connectivity index (χ1) is 22.6. The summed E-state index contributed by atoms with van der Waals surface area (Å²) in [5, 5.41) is 9.55. The van der Waals surface area contributed by atoms with Crippen LogP contribution in [0.2, 0.25) is 0 Å². The molecule has 0 radical (unpaired) electrons. The van der Waals surface area contributed by atoms with Gasteiger partial charge in [0.1, 0.15) is 13.2 Å². The minimum Gasteiger partial charge on any atom is -0.477 e. The van der Waals surface area contributed by atoms with Gasteiger partial charge in [0.2, 0.25) is 0 Å². The van der Waals surface area contributed by atoms with Crippen LogP contribution in [-0.4, -0.2) is 87.4 Å². The Kier molecular flexibility index (Phi) is 28.8. The number of allylic oxidation sites excluding steroid dienone is 8. The number of carboxylic acid groups (broad SMARTS) is 1. The number of esters is 2. The molecule has 0 aromatic rings. The number of likely N-dealkylation sites (N-methyl/N-ethyl adjacent to an activating group) is 1. The van der Waals surface area contributed by atoms with Crippen molar-refractivity contribution in [1.29, 1.82) is 0 Å². The molecule has 0 aliphatic carbocycles. The van der Waals surface area contributed by atoms with Gasteiger partial charge in [0.05, 0.1) is 34.4 Å². The number of rotatable bonds is 31. The lowest BCUT2D eigenvalue weighted by molar-refractivity contribution is -0.870. The molecule has 0 saturated carbocycles. The van der Waals surface area contributed by atoms with Crippen molar-refractivity contribution in [3.8, 4) is 0 Å². The van der Waals surface area contributed by atoms with Crippen molar-refractivity contribution in [2.45, 2.75) is 129 Å². The van der Waals surface area contributed by atoms with Crippen LogP contribution in [0.4, 0.5) is 0 Å². The van der Waals surface area contributed by atoms with Gasteiger partial charge in [0, 0.05) is 12.8 Å². The molecular weight excluding hydrogens is 598 g/mol. The molecule has 0 rings (SSSR count). The highest BCUT2D eigenvalue weighted by Gasteiger charge is 2.25. The number of carbonyl (C=O) groups excluding carboxylic acids is 2. The predicted octanol–water partition coefficient (Wildman–Crippen LogP) is 8.10. The molecule has 2 unspecified atom stereocenters. The Morgan fingerprint density at radius 3 is 1.77 bits per heavy atom. The van der Waals surface area contributed by atoms with Crippen molar-refractivity contribution in [2.75, 3.05) is 47.5 Å². The van der Waals surface area contributed by atoms with Gasteiger partial charge in [0.15, 0.2) is 6.10 Å². The third-order valence-electron chi connectivity index (χ3n) is 7.11. The first kappa shape index (κ1) is 44.2. The van der Waals surface area contributed by atoms with Gasteiger partial charge in [-0.3, -0.25) is 9.59 Å². The fraction of sp³-hybridized carbons (Fsp3) is 0.711. The van der Waals surface area contributed by atoms with E-state index in [1.807, 2.05) is 33.3 Å². The molecule has 0 bridgehead atoms.